The molecule has 0 radical (unpaired) electrons. The molecule has 2 aromatic rings. The van der Waals surface area contributed by atoms with E-state index < -0.39 is 17.3 Å². The Morgan fingerprint density at radius 3 is 2.22 bits per heavy atom. The van der Waals surface area contributed by atoms with E-state index in [0.717, 1.165) is 5.56 Å². The van der Waals surface area contributed by atoms with Crippen LogP contribution in [0.4, 0.5) is 11.4 Å². The molecule has 1 aliphatic carbocycles. The Morgan fingerprint density at radius 1 is 1.00 bits per heavy atom. The zero-order valence-electron chi connectivity index (χ0n) is 15.0. The molecule has 2 amide bonds. The lowest BCUT2D eigenvalue weighted by molar-refractivity contribution is -0.131. The van der Waals surface area contributed by atoms with Gasteiger partial charge in [0.25, 0.3) is 0 Å². The van der Waals surface area contributed by atoms with Crippen LogP contribution >= 0.6 is 11.6 Å². The second-order valence-electron chi connectivity index (χ2n) is 6.54. The Labute approximate surface area is 161 Å². The molecular formula is C20H19ClN2O4. The van der Waals surface area contributed by atoms with E-state index in [2.05, 4.69) is 15.4 Å². The van der Waals surface area contributed by atoms with Crippen molar-refractivity contribution in [3.63, 3.8) is 0 Å². The number of aryl methyl sites for hydroxylation is 1. The number of carbonyl (C=O) groups is 3. The molecule has 1 saturated carbocycles. The molecule has 2 aromatic carbocycles. The van der Waals surface area contributed by atoms with Crippen LogP contribution in [0.25, 0.3) is 0 Å². The number of hydrogen-bond acceptors (Lipinski definition) is 4. The van der Waals surface area contributed by atoms with E-state index in [4.69, 9.17) is 11.6 Å². The number of hydrogen-bond donors (Lipinski definition) is 2. The zero-order chi connectivity index (χ0) is 19.6. The van der Waals surface area contributed by atoms with Gasteiger partial charge < -0.3 is 15.4 Å². The van der Waals surface area contributed by atoms with Crippen LogP contribution < -0.4 is 10.6 Å². The van der Waals surface area contributed by atoms with Gasteiger partial charge in [-0.3, -0.25) is 9.59 Å². The summed E-state index contributed by atoms with van der Waals surface area (Å²) >= 11 is 6.12. The van der Waals surface area contributed by atoms with Gasteiger partial charge in [-0.15, -0.1) is 0 Å². The molecular weight excluding hydrogens is 368 g/mol. The summed E-state index contributed by atoms with van der Waals surface area (Å²) in [6.45, 7) is 1.95. The lowest BCUT2D eigenvalue weighted by atomic mass is 10.0. The molecule has 27 heavy (non-hydrogen) atoms. The molecule has 0 saturated heterocycles. The van der Waals surface area contributed by atoms with Crippen molar-refractivity contribution < 1.29 is 19.1 Å². The minimum Gasteiger partial charge on any atom is -0.465 e. The molecule has 1 aliphatic rings. The SMILES string of the molecule is COC(=O)c1ccc(Cl)c(NC(=O)C2(C(=O)Nc3ccc(C)cc3)CC2)c1. The maximum absolute atomic E-state index is 12.7. The molecule has 0 spiro atoms. The Bertz CT molecular complexity index is 905. The molecule has 3 rings (SSSR count). The van der Waals surface area contributed by atoms with Crippen molar-refractivity contribution in [1.29, 1.82) is 0 Å². The molecule has 0 aromatic heterocycles. The van der Waals surface area contributed by atoms with Crippen LogP contribution in [0, 0.1) is 12.3 Å². The first-order valence-electron chi connectivity index (χ1n) is 8.43. The van der Waals surface area contributed by atoms with Crippen molar-refractivity contribution in [2.24, 2.45) is 5.41 Å². The molecule has 0 heterocycles. The molecule has 6 nitrogen and oxygen atoms in total. The molecule has 0 bridgehead atoms. The number of benzene rings is 2. The van der Waals surface area contributed by atoms with Crippen molar-refractivity contribution in [2.75, 3.05) is 17.7 Å². The number of halogens is 1. The van der Waals surface area contributed by atoms with E-state index in [1.54, 1.807) is 12.1 Å². The fourth-order valence-corrected chi connectivity index (χ4v) is 2.84. The van der Waals surface area contributed by atoms with Gasteiger partial charge in [0.2, 0.25) is 11.8 Å². The Hall–Kier alpha value is -2.86. The summed E-state index contributed by atoms with van der Waals surface area (Å²) in [4.78, 5) is 37.0. The third-order valence-corrected chi connectivity index (χ3v) is 4.89. The summed E-state index contributed by atoms with van der Waals surface area (Å²) in [6.07, 6.45) is 0.898. The van der Waals surface area contributed by atoms with E-state index in [1.807, 2.05) is 19.1 Å². The smallest absolute Gasteiger partial charge is 0.337 e. The van der Waals surface area contributed by atoms with Gasteiger partial charge in [-0.25, -0.2) is 4.79 Å². The van der Waals surface area contributed by atoms with Crippen LogP contribution in [0.2, 0.25) is 5.02 Å². The van der Waals surface area contributed by atoms with Crippen molar-refractivity contribution >= 4 is 40.8 Å². The number of anilines is 2. The highest BCUT2D eigenvalue weighted by atomic mass is 35.5. The first kappa shape index (κ1) is 18.9. The van der Waals surface area contributed by atoms with Crippen molar-refractivity contribution in [3.05, 3.63) is 58.6 Å². The third-order valence-electron chi connectivity index (χ3n) is 4.56. The zero-order valence-corrected chi connectivity index (χ0v) is 15.7. The molecule has 140 valence electrons. The normalized spacial score (nSPS) is 14.2. The number of esters is 1. The summed E-state index contributed by atoms with van der Waals surface area (Å²) in [7, 11) is 1.27. The summed E-state index contributed by atoms with van der Waals surface area (Å²) in [5, 5.41) is 5.72. The largest absolute Gasteiger partial charge is 0.465 e. The second-order valence-corrected chi connectivity index (χ2v) is 6.95. The predicted octanol–water partition coefficient (Wildman–Crippen LogP) is 3.79. The first-order chi connectivity index (χ1) is 12.9. The van der Waals surface area contributed by atoms with Gasteiger partial charge in [0.15, 0.2) is 0 Å². The molecule has 0 atom stereocenters. The Kier molecular flexibility index (Phi) is 5.19. The first-order valence-corrected chi connectivity index (χ1v) is 8.81. The fourth-order valence-electron chi connectivity index (χ4n) is 2.68. The van der Waals surface area contributed by atoms with Crippen molar-refractivity contribution in [3.8, 4) is 0 Å². The number of nitrogens with one attached hydrogen (secondary N) is 2. The predicted molar refractivity (Wildman–Crippen MR) is 103 cm³/mol. The molecule has 0 unspecified atom stereocenters. The standard InChI is InChI=1S/C20H19ClN2O4/c1-12-3-6-14(7-4-12)22-18(25)20(9-10-20)19(26)23-16-11-13(17(24)27-2)5-8-15(16)21/h3-8,11H,9-10H2,1-2H3,(H,22,25)(H,23,26). The highest BCUT2D eigenvalue weighted by molar-refractivity contribution is 6.34. The van der Waals surface area contributed by atoms with Crippen LogP contribution in [-0.2, 0) is 14.3 Å². The van der Waals surface area contributed by atoms with Crippen LogP contribution in [0.5, 0.6) is 0 Å². The fraction of sp³-hybridized carbons (Fsp3) is 0.250. The number of ether oxygens (including phenoxy) is 1. The van der Waals surface area contributed by atoms with Gasteiger partial charge in [-0.2, -0.15) is 0 Å². The topological polar surface area (TPSA) is 84.5 Å². The highest BCUT2D eigenvalue weighted by Crippen LogP contribution is 2.47. The minimum absolute atomic E-state index is 0.256. The van der Waals surface area contributed by atoms with E-state index in [9.17, 15) is 14.4 Å². The maximum atomic E-state index is 12.7. The molecule has 2 N–H and O–H groups in total. The van der Waals surface area contributed by atoms with Crippen LogP contribution in [-0.4, -0.2) is 24.9 Å². The summed E-state index contributed by atoms with van der Waals surface area (Å²) < 4.78 is 4.67. The number of carbonyl (C=O) groups excluding carboxylic acids is 3. The second kappa shape index (κ2) is 7.40. The van der Waals surface area contributed by atoms with E-state index >= 15 is 0 Å². The summed E-state index contributed by atoms with van der Waals surface area (Å²) in [5.41, 5.74) is 1.10. The lowest BCUT2D eigenvalue weighted by Crippen LogP contribution is -2.35. The van der Waals surface area contributed by atoms with Gasteiger partial charge >= 0.3 is 5.97 Å². The molecule has 1 fully saturated rings. The van der Waals surface area contributed by atoms with Gasteiger partial charge in [0.05, 0.1) is 23.4 Å². The Morgan fingerprint density at radius 2 is 1.63 bits per heavy atom. The van der Waals surface area contributed by atoms with Gasteiger partial charge in [0.1, 0.15) is 5.41 Å². The quantitative estimate of drug-likeness (QED) is 0.604. The summed E-state index contributed by atoms with van der Waals surface area (Å²) in [5.74, 6) is -1.35. The van der Waals surface area contributed by atoms with Gasteiger partial charge in [-0.1, -0.05) is 29.3 Å². The monoisotopic (exact) mass is 386 g/mol. The average molecular weight is 387 g/mol. The third kappa shape index (κ3) is 3.95. The van der Waals surface area contributed by atoms with Gasteiger partial charge in [0, 0.05) is 5.69 Å². The number of amides is 2. The maximum Gasteiger partial charge on any atom is 0.337 e. The van der Waals surface area contributed by atoms with E-state index in [-0.39, 0.29) is 22.2 Å². The minimum atomic E-state index is -1.13. The van der Waals surface area contributed by atoms with E-state index in [0.29, 0.717) is 18.5 Å². The number of methoxy groups -OCH3 is 1. The van der Waals surface area contributed by atoms with Crippen molar-refractivity contribution in [2.45, 2.75) is 19.8 Å². The molecule has 0 aliphatic heterocycles. The van der Waals surface area contributed by atoms with Crippen LogP contribution in [0.3, 0.4) is 0 Å². The highest BCUT2D eigenvalue weighted by Gasteiger charge is 2.56. The van der Waals surface area contributed by atoms with Crippen LogP contribution in [0.1, 0.15) is 28.8 Å². The van der Waals surface area contributed by atoms with Gasteiger partial charge in [-0.05, 0) is 50.1 Å². The van der Waals surface area contributed by atoms with E-state index in [1.165, 1.54) is 25.3 Å². The van der Waals surface area contributed by atoms with Crippen LogP contribution in [0.15, 0.2) is 42.5 Å². The number of rotatable bonds is 5. The molecule has 7 heteroatoms. The van der Waals surface area contributed by atoms with Crippen molar-refractivity contribution in [1.82, 2.24) is 0 Å². The summed E-state index contributed by atoms with van der Waals surface area (Å²) in [6, 6.07) is 11.8. The Balaban J connectivity index is 1.74. The lowest BCUT2D eigenvalue weighted by Gasteiger charge is -2.16. The average Bonchev–Trinajstić information content (AvgIpc) is 3.47.